The zero-order valence-corrected chi connectivity index (χ0v) is 16.5. The van der Waals surface area contributed by atoms with Crippen molar-refractivity contribution in [3.05, 3.63) is 76.3 Å². The largest absolute Gasteiger partial charge is 0.377 e. The van der Waals surface area contributed by atoms with Crippen LogP contribution in [0.25, 0.3) is 0 Å². The normalized spacial score (nSPS) is 23.9. The molecule has 4 atom stereocenters. The van der Waals surface area contributed by atoms with Crippen LogP contribution in [0.5, 0.6) is 0 Å². The molecule has 2 aliphatic rings. The Balaban J connectivity index is 1.75. The molecule has 2 N–H and O–H groups in total. The van der Waals surface area contributed by atoms with E-state index in [1.54, 1.807) is 0 Å². The SMILES string of the molecule is CCC(C)NC(=O)c1cccc2c1NC(c1cccc(Cl)c1)C1CC=CC21. The van der Waals surface area contributed by atoms with E-state index in [2.05, 4.69) is 41.8 Å². The standard InChI is InChI=1S/C23H25ClN2O/c1-3-14(2)25-23(27)20-12-6-11-19-17-9-5-10-18(17)21(26-22(19)20)15-7-4-8-16(24)13-15/h4-9,11-14,17-18,21,26H,3,10H2,1-2H3,(H,25,27). The molecule has 0 bridgehead atoms. The molecule has 0 aromatic heterocycles. The van der Waals surface area contributed by atoms with E-state index in [0.29, 0.717) is 11.8 Å². The van der Waals surface area contributed by atoms with Gasteiger partial charge >= 0.3 is 0 Å². The summed E-state index contributed by atoms with van der Waals surface area (Å²) in [4.78, 5) is 12.9. The molecule has 1 heterocycles. The average Bonchev–Trinajstić information content (AvgIpc) is 3.16. The van der Waals surface area contributed by atoms with Crippen LogP contribution in [0.4, 0.5) is 5.69 Å². The van der Waals surface area contributed by atoms with Gasteiger partial charge in [0.25, 0.3) is 5.91 Å². The Kier molecular flexibility index (Phi) is 4.96. The number of allylic oxidation sites excluding steroid dienone is 2. The summed E-state index contributed by atoms with van der Waals surface area (Å²) in [6.45, 7) is 4.11. The lowest BCUT2D eigenvalue weighted by Gasteiger charge is -2.38. The number of hydrogen-bond donors (Lipinski definition) is 2. The van der Waals surface area contributed by atoms with Gasteiger partial charge < -0.3 is 10.6 Å². The summed E-state index contributed by atoms with van der Waals surface area (Å²) in [6.07, 6.45) is 6.48. The fourth-order valence-corrected chi connectivity index (χ4v) is 4.44. The molecule has 3 nitrogen and oxygen atoms in total. The summed E-state index contributed by atoms with van der Waals surface area (Å²) in [5.74, 6) is 0.740. The van der Waals surface area contributed by atoms with Crippen molar-refractivity contribution in [2.24, 2.45) is 5.92 Å². The van der Waals surface area contributed by atoms with Gasteiger partial charge in [-0.2, -0.15) is 0 Å². The van der Waals surface area contributed by atoms with Gasteiger partial charge in [0, 0.05) is 17.0 Å². The molecular weight excluding hydrogens is 356 g/mol. The number of rotatable bonds is 4. The lowest BCUT2D eigenvalue weighted by atomic mass is 9.76. The predicted molar refractivity (Wildman–Crippen MR) is 111 cm³/mol. The van der Waals surface area contributed by atoms with Gasteiger partial charge in [0.05, 0.1) is 17.3 Å². The fraction of sp³-hybridized carbons (Fsp3) is 0.348. The lowest BCUT2D eigenvalue weighted by molar-refractivity contribution is 0.0939. The quantitative estimate of drug-likeness (QED) is 0.668. The third-order valence-corrected chi connectivity index (χ3v) is 6.07. The Bertz CT molecular complexity index is 892. The highest BCUT2D eigenvalue weighted by molar-refractivity contribution is 6.30. The molecule has 1 amide bonds. The maximum absolute atomic E-state index is 12.9. The molecule has 1 aliphatic heterocycles. The van der Waals surface area contributed by atoms with Crippen LogP contribution in [0.3, 0.4) is 0 Å². The molecule has 4 heteroatoms. The Hall–Kier alpha value is -2.26. The van der Waals surface area contributed by atoms with Crippen LogP contribution < -0.4 is 10.6 Å². The topological polar surface area (TPSA) is 41.1 Å². The van der Waals surface area contributed by atoms with Gasteiger partial charge in [0.15, 0.2) is 0 Å². The molecule has 0 saturated heterocycles. The summed E-state index contributed by atoms with van der Waals surface area (Å²) in [5, 5.41) is 7.54. The van der Waals surface area contributed by atoms with Crippen molar-refractivity contribution < 1.29 is 4.79 Å². The van der Waals surface area contributed by atoms with Crippen molar-refractivity contribution in [1.29, 1.82) is 0 Å². The van der Waals surface area contributed by atoms with E-state index in [-0.39, 0.29) is 18.0 Å². The van der Waals surface area contributed by atoms with Crippen LogP contribution >= 0.6 is 11.6 Å². The molecule has 0 saturated carbocycles. The summed E-state index contributed by atoms with van der Waals surface area (Å²) in [6, 6.07) is 14.4. The second kappa shape index (κ2) is 7.40. The van der Waals surface area contributed by atoms with Gasteiger partial charge in [0.1, 0.15) is 0 Å². The Morgan fingerprint density at radius 1 is 1.30 bits per heavy atom. The summed E-state index contributed by atoms with van der Waals surface area (Å²) in [7, 11) is 0. The number of amides is 1. The summed E-state index contributed by atoms with van der Waals surface area (Å²) < 4.78 is 0. The first-order chi connectivity index (χ1) is 13.1. The predicted octanol–water partition coefficient (Wildman–Crippen LogP) is 5.69. The minimum absolute atomic E-state index is 0.0148. The zero-order chi connectivity index (χ0) is 19.0. The van der Waals surface area contributed by atoms with E-state index in [1.165, 1.54) is 11.1 Å². The smallest absolute Gasteiger partial charge is 0.253 e. The number of carbonyl (C=O) groups is 1. The highest BCUT2D eigenvalue weighted by Gasteiger charge is 2.39. The van der Waals surface area contributed by atoms with Crippen molar-refractivity contribution in [2.45, 2.75) is 44.7 Å². The molecule has 2 aromatic carbocycles. The number of carbonyl (C=O) groups excluding carboxylic acids is 1. The van der Waals surface area contributed by atoms with Gasteiger partial charge in [-0.25, -0.2) is 0 Å². The number of benzene rings is 2. The van der Waals surface area contributed by atoms with Crippen molar-refractivity contribution in [3.8, 4) is 0 Å². The van der Waals surface area contributed by atoms with E-state index in [9.17, 15) is 4.79 Å². The van der Waals surface area contributed by atoms with Crippen LogP contribution in [-0.4, -0.2) is 11.9 Å². The molecule has 0 radical (unpaired) electrons. The number of halogens is 1. The zero-order valence-electron chi connectivity index (χ0n) is 15.7. The molecule has 2 aromatic rings. The van der Waals surface area contributed by atoms with Gasteiger partial charge in [0.2, 0.25) is 0 Å². The van der Waals surface area contributed by atoms with E-state index in [4.69, 9.17) is 11.6 Å². The Morgan fingerprint density at radius 2 is 2.11 bits per heavy atom. The number of fused-ring (bicyclic) bond motifs is 3. The number of hydrogen-bond acceptors (Lipinski definition) is 2. The van der Waals surface area contributed by atoms with Crippen LogP contribution in [0, 0.1) is 5.92 Å². The lowest BCUT2D eigenvalue weighted by Crippen LogP contribution is -2.35. The van der Waals surface area contributed by atoms with Crippen LogP contribution in [0.2, 0.25) is 5.02 Å². The first-order valence-electron chi connectivity index (χ1n) is 9.71. The van der Waals surface area contributed by atoms with Crippen LogP contribution in [0.1, 0.15) is 60.1 Å². The Labute approximate surface area is 165 Å². The maximum atomic E-state index is 12.9. The summed E-state index contributed by atoms with van der Waals surface area (Å²) >= 11 is 6.25. The molecular formula is C23H25ClN2O. The number of nitrogens with one attached hydrogen (secondary N) is 2. The highest BCUT2D eigenvalue weighted by Crippen LogP contribution is 2.50. The molecule has 4 unspecified atom stereocenters. The molecule has 140 valence electrons. The number of anilines is 1. The fourth-order valence-electron chi connectivity index (χ4n) is 4.24. The minimum atomic E-state index is -0.0148. The van der Waals surface area contributed by atoms with Gasteiger partial charge in [-0.3, -0.25) is 4.79 Å². The third-order valence-electron chi connectivity index (χ3n) is 5.84. The average molecular weight is 381 g/mol. The van der Waals surface area contributed by atoms with Crippen molar-refractivity contribution in [2.75, 3.05) is 5.32 Å². The first kappa shape index (κ1) is 18.1. The van der Waals surface area contributed by atoms with E-state index < -0.39 is 0 Å². The number of para-hydroxylation sites is 1. The van der Waals surface area contributed by atoms with Crippen LogP contribution in [0.15, 0.2) is 54.6 Å². The van der Waals surface area contributed by atoms with E-state index >= 15 is 0 Å². The maximum Gasteiger partial charge on any atom is 0.253 e. The van der Waals surface area contributed by atoms with E-state index in [0.717, 1.165) is 29.1 Å². The Morgan fingerprint density at radius 3 is 2.89 bits per heavy atom. The van der Waals surface area contributed by atoms with E-state index in [1.807, 2.05) is 37.3 Å². The van der Waals surface area contributed by atoms with Gasteiger partial charge in [-0.1, -0.05) is 54.9 Å². The van der Waals surface area contributed by atoms with Crippen molar-refractivity contribution >= 4 is 23.2 Å². The first-order valence-corrected chi connectivity index (χ1v) is 10.1. The molecule has 0 fully saturated rings. The van der Waals surface area contributed by atoms with Crippen molar-refractivity contribution in [3.63, 3.8) is 0 Å². The third kappa shape index (κ3) is 3.37. The molecule has 27 heavy (non-hydrogen) atoms. The van der Waals surface area contributed by atoms with Crippen LogP contribution in [-0.2, 0) is 0 Å². The minimum Gasteiger partial charge on any atom is -0.377 e. The monoisotopic (exact) mass is 380 g/mol. The van der Waals surface area contributed by atoms with Gasteiger partial charge in [-0.15, -0.1) is 0 Å². The highest BCUT2D eigenvalue weighted by atomic mass is 35.5. The molecule has 4 rings (SSSR count). The second-order valence-corrected chi connectivity index (χ2v) is 8.02. The molecule has 1 aliphatic carbocycles. The molecule has 0 spiro atoms. The van der Waals surface area contributed by atoms with Gasteiger partial charge in [-0.05, 0) is 55.0 Å². The summed E-state index contributed by atoms with van der Waals surface area (Å²) in [5.41, 5.74) is 4.06. The second-order valence-electron chi connectivity index (χ2n) is 7.58. The van der Waals surface area contributed by atoms with Crippen molar-refractivity contribution in [1.82, 2.24) is 5.32 Å².